The highest BCUT2D eigenvalue weighted by Crippen LogP contribution is 2.45. The highest BCUT2D eigenvalue weighted by Gasteiger charge is 2.34. The van der Waals surface area contributed by atoms with Gasteiger partial charge in [0.15, 0.2) is 0 Å². The zero-order chi connectivity index (χ0) is 11.0. The van der Waals surface area contributed by atoms with E-state index in [0.717, 1.165) is 14.7 Å². The Kier molecular flexibility index (Phi) is 3.76. The van der Waals surface area contributed by atoms with Crippen molar-refractivity contribution in [2.24, 2.45) is 11.8 Å². The second-order valence-electron chi connectivity index (χ2n) is 4.23. The Labute approximate surface area is 108 Å². The molecular weight excluding hydrogens is 294 g/mol. The van der Waals surface area contributed by atoms with Crippen LogP contribution in [0.2, 0.25) is 5.02 Å². The molecule has 0 aliphatic heterocycles. The van der Waals surface area contributed by atoms with Crippen molar-refractivity contribution in [1.29, 1.82) is 0 Å². The molecule has 1 aromatic rings. The Hall–Kier alpha value is 0.430. The second-order valence-corrected chi connectivity index (χ2v) is 7.04. The van der Waals surface area contributed by atoms with Gasteiger partial charge in [0, 0.05) is 10.9 Å². The summed E-state index contributed by atoms with van der Waals surface area (Å²) in [7, 11) is 2.03. The van der Waals surface area contributed by atoms with Crippen LogP contribution in [-0.4, -0.2) is 7.05 Å². The third kappa shape index (κ3) is 2.57. The smallest absolute Gasteiger partial charge is 0.0887 e. The summed E-state index contributed by atoms with van der Waals surface area (Å²) >= 11 is 11.3. The molecular formula is C11H15BrClNS. The summed E-state index contributed by atoms with van der Waals surface area (Å²) in [5, 5.41) is 4.24. The van der Waals surface area contributed by atoms with Crippen LogP contribution in [0.3, 0.4) is 0 Å². The molecule has 1 N–H and O–H groups in total. The first-order valence-electron chi connectivity index (χ1n) is 5.25. The van der Waals surface area contributed by atoms with Crippen LogP contribution >= 0.6 is 38.9 Å². The minimum Gasteiger partial charge on any atom is -0.312 e. The number of hydrogen-bond donors (Lipinski definition) is 1. The van der Waals surface area contributed by atoms with Crippen molar-refractivity contribution in [3.63, 3.8) is 0 Å². The molecule has 1 aromatic heterocycles. The molecule has 0 amide bonds. The molecule has 1 saturated carbocycles. The molecule has 0 spiro atoms. The van der Waals surface area contributed by atoms with Gasteiger partial charge in [-0.3, -0.25) is 0 Å². The highest BCUT2D eigenvalue weighted by molar-refractivity contribution is 9.11. The van der Waals surface area contributed by atoms with Gasteiger partial charge in [-0.15, -0.1) is 11.3 Å². The summed E-state index contributed by atoms with van der Waals surface area (Å²) < 4.78 is 1.04. The Morgan fingerprint density at radius 3 is 2.67 bits per heavy atom. The van der Waals surface area contributed by atoms with Crippen LogP contribution in [0, 0.1) is 11.8 Å². The number of halogens is 2. The molecule has 4 heteroatoms. The Morgan fingerprint density at radius 1 is 1.60 bits per heavy atom. The molecule has 0 bridgehead atoms. The monoisotopic (exact) mass is 307 g/mol. The van der Waals surface area contributed by atoms with E-state index in [-0.39, 0.29) is 0 Å². The molecule has 2 unspecified atom stereocenters. The zero-order valence-electron chi connectivity index (χ0n) is 8.89. The quantitative estimate of drug-likeness (QED) is 0.865. The molecule has 1 nitrogen and oxygen atoms in total. The average molecular weight is 309 g/mol. The molecule has 2 rings (SSSR count). The molecule has 1 aliphatic carbocycles. The van der Waals surface area contributed by atoms with Crippen molar-refractivity contribution in [3.05, 3.63) is 19.8 Å². The third-order valence-electron chi connectivity index (χ3n) is 3.17. The van der Waals surface area contributed by atoms with Crippen LogP contribution in [0.5, 0.6) is 0 Å². The van der Waals surface area contributed by atoms with E-state index in [0.29, 0.717) is 12.0 Å². The van der Waals surface area contributed by atoms with Crippen LogP contribution in [-0.2, 0) is 0 Å². The minimum absolute atomic E-state index is 0.450. The molecule has 2 atom stereocenters. The van der Waals surface area contributed by atoms with Crippen molar-refractivity contribution in [3.8, 4) is 0 Å². The molecule has 0 aromatic carbocycles. The number of rotatable bonds is 4. The lowest BCUT2D eigenvalue weighted by atomic mass is 9.95. The van der Waals surface area contributed by atoms with E-state index in [4.69, 9.17) is 11.6 Å². The van der Waals surface area contributed by atoms with Gasteiger partial charge in [0.25, 0.3) is 0 Å². The summed E-state index contributed by atoms with van der Waals surface area (Å²) in [5.41, 5.74) is 0. The van der Waals surface area contributed by atoms with Gasteiger partial charge in [-0.05, 0) is 53.7 Å². The minimum atomic E-state index is 0.450. The van der Waals surface area contributed by atoms with Crippen LogP contribution in [0.15, 0.2) is 9.85 Å². The maximum Gasteiger partial charge on any atom is 0.0887 e. The van der Waals surface area contributed by atoms with Gasteiger partial charge < -0.3 is 5.32 Å². The molecule has 84 valence electrons. The first kappa shape index (κ1) is 11.9. The molecule has 0 saturated heterocycles. The van der Waals surface area contributed by atoms with Crippen LogP contribution < -0.4 is 5.32 Å². The Bertz CT molecular complexity index is 329. The Morgan fingerprint density at radius 2 is 2.27 bits per heavy atom. The fourth-order valence-electron chi connectivity index (χ4n) is 2.08. The lowest BCUT2D eigenvalue weighted by molar-refractivity contribution is 0.374. The van der Waals surface area contributed by atoms with Gasteiger partial charge in [0.1, 0.15) is 0 Å². The van der Waals surface area contributed by atoms with Crippen LogP contribution in [0.25, 0.3) is 0 Å². The first-order valence-corrected chi connectivity index (χ1v) is 7.24. The van der Waals surface area contributed by atoms with Crippen molar-refractivity contribution >= 4 is 38.9 Å². The van der Waals surface area contributed by atoms with Crippen molar-refractivity contribution in [2.75, 3.05) is 7.05 Å². The van der Waals surface area contributed by atoms with Crippen molar-refractivity contribution < 1.29 is 0 Å². The first-order chi connectivity index (χ1) is 7.13. The third-order valence-corrected chi connectivity index (χ3v) is 5.73. The number of nitrogens with one attached hydrogen (secondary N) is 1. The van der Waals surface area contributed by atoms with E-state index in [1.54, 1.807) is 11.3 Å². The van der Waals surface area contributed by atoms with Gasteiger partial charge in [0.2, 0.25) is 0 Å². The molecule has 0 radical (unpaired) electrons. The second kappa shape index (κ2) is 4.74. The SMILES string of the molecule is CNC(c1cc(Cl)c(Br)s1)C(C)C1CC1. The maximum absolute atomic E-state index is 6.07. The van der Waals surface area contributed by atoms with Crippen LogP contribution in [0.1, 0.15) is 30.7 Å². The zero-order valence-corrected chi connectivity index (χ0v) is 12.0. The summed E-state index contributed by atoms with van der Waals surface area (Å²) in [4.78, 5) is 1.34. The fourth-order valence-corrected chi connectivity index (χ4v) is 4.05. The van der Waals surface area contributed by atoms with Gasteiger partial charge >= 0.3 is 0 Å². The van der Waals surface area contributed by atoms with E-state index in [1.807, 2.05) is 7.05 Å². The van der Waals surface area contributed by atoms with Gasteiger partial charge in [-0.1, -0.05) is 18.5 Å². The largest absolute Gasteiger partial charge is 0.312 e. The summed E-state index contributed by atoms with van der Waals surface area (Å²) in [6.07, 6.45) is 2.78. The summed E-state index contributed by atoms with van der Waals surface area (Å²) in [6.45, 7) is 2.33. The fraction of sp³-hybridized carbons (Fsp3) is 0.636. The van der Waals surface area contributed by atoms with Crippen molar-refractivity contribution in [2.45, 2.75) is 25.8 Å². The predicted molar refractivity (Wildman–Crippen MR) is 70.7 cm³/mol. The van der Waals surface area contributed by atoms with E-state index >= 15 is 0 Å². The van der Waals surface area contributed by atoms with E-state index in [9.17, 15) is 0 Å². The Balaban J connectivity index is 2.17. The number of thiophene rings is 1. The molecule has 1 heterocycles. The average Bonchev–Trinajstić information content (AvgIpc) is 2.97. The molecule has 15 heavy (non-hydrogen) atoms. The summed E-state index contributed by atoms with van der Waals surface area (Å²) in [5.74, 6) is 1.61. The summed E-state index contributed by atoms with van der Waals surface area (Å²) in [6, 6.07) is 2.53. The van der Waals surface area contributed by atoms with Gasteiger partial charge in [-0.25, -0.2) is 0 Å². The van der Waals surface area contributed by atoms with Crippen molar-refractivity contribution in [1.82, 2.24) is 5.32 Å². The lowest BCUT2D eigenvalue weighted by Gasteiger charge is -2.22. The topological polar surface area (TPSA) is 12.0 Å². The predicted octanol–water partition coefficient (Wildman–Crippen LogP) is 4.47. The maximum atomic E-state index is 6.07. The molecule has 1 aliphatic rings. The standard InChI is InChI=1S/C11H15BrClNS/c1-6(7-3-4-7)10(14-2)9-5-8(13)11(12)15-9/h5-7,10,14H,3-4H2,1-2H3. The van der Waals surface area contributed by atoms with E-state index in [1.165, 1.54) is 17.7 Å². The molecule has 1 fully saturated rings. The van der Waals surface area contributed by atoms with E-state index < -0.39 is 0 Å². The van der Waals surface area contributed by atoms with E-state index in [2.05, 4.69) is 34.2 Å². The van der Waals surface area contributed by atoms with Gasteiger partial charge in [0.05, 0.1) is 8.81 Å². The highest BCUT2D eigenvalue weighted by atomic mass is 79.9. The van der Waals surface area contributed by atoms with Crippen LogP contribution in [0.4, 0.5) is 0 Å². The number of hydrogen-bond acceptors (Lipinski definition) is 2. The normalized spacial score (nSPS) is 20.3. The van der Waals surface area contributed by atoms with Gasteiger partial charge in [-0.2, -0.15) is 0 Å². The lowest BCUT2D eigenvalue weighted by Crippen LogP contribution is -2.23.